The van der Waals surface area contributed by atoms with Gasteiger partial charge in [-0.2, -0.15) is 0 Å². The van der Waals surface area contributed by atoms with Crippen molar-refractivity contribution in [2.45, 2.75) is 64.6 Å². The molecule has 2 saturated heterocycles. The zero-order valence-corrected chi connectivity index (χ0v) is 13.0. The first-order chi connectivity index (χ1) is 9.74. The van der Waals surface area contributed by atoms with Gasteiger partial charge in [-0.15, -0.1) is 0 Å². The van der Waals surface area contributed by atoms with Gasteiger partial charge in [0, 0.05) is 12.5 Å². The smallest absolute Gasteiger partial charge is 0.410 e. The molecule has 118 valence electrons. The van der Waals surface area contributed by atoms with E-state index in [1.54, 1.807) is 32.6 Å². The number of esters is 1. The van der Waals surface area contributed by atoms with Crippen LogP contribution in [0.1, 0.15) is 47.0 Å². The molecule has 6 heteroatoms. The van der Waals surface area contributed by atoms with Gasteiger partial charge in [0.05, 0.1) is 12.6 Å². The van der Waals surface area contributed by atoms with E-state index in [9.17, 15) is 14.4 Å². The van der Waals surface area contributed by atoms with Gasteiger partial charge in [-0.3, -0.25) is 9.59 Å². The zero-order chi connectivity index (χ0) is 15.8. The van der Waals surface area contributed by atoms with Gasteiger partial charge in [0.15, 0.2) is 5.78 Å². The van der Waals surface area contributed by atoms with Gasteiger partial charge < -0.3 is 14.4 Å². The molecule has 0 unspecified atom stereocenters. The summed E-state index contributed by atoms with van der Waals surface area (Å²) in [4.78, 5) is 38.1. The van der Waals surface area contributed by atoms with Crippen molar-refractivity contribution in [1.29, 1.82) is 0 Å². The SMILES string of the molecule is CCOC(=O)[C@H]1C(=O)C[C@@H]2CC[C@H]1N2C(=O)OC(C)(C)C. The highest BCUT2D eigenvalue weighted by Crippen LogP contribution is 2.38. The Kier molecular flexibility index (Phi) is 4.25. The van der Waals surface area contributed by atoms with Crippen LogP contribution in [0.25, 0.3) is 0 Å². The zero-order valence-electron chi connectivity index (χ0n) is 13.0. The highest BCUT2D eigenvalue weighted by molar-refractivity contribution is 6.01. The number of carbonyl (C=O) groups is 3. The molecule has 0 radical (unpaired) electrons. The van der Waals surface area contributed by atoms with Crippen molar-refractivity contribution < 1.29 is 23.9 Å². The van der Waals surface area contributed by atoms with E-state index in [0.717, 1.165) is 6.42 Å². The predicted octanol–water partition coefficient (Wildman–Crippen LogP) is 1.91. The number of ether oxygens (including phenoxy) is 2. The first-order valence-corrected chi connectivity index (χ1v) is 7.45. The van der Waals surface area contributed by atoms with Gasteiger partial charge in [-0.05, 0) is 40.5 Å². The highest BCUT2D eigenvalue weighted by atomic mass is 16.6. The summed E-state index contributed by atoms with van der Waals surface area (Å²) in [6.45, 7) is 7.32. The van der Waals surface area contributed by atoms with Gasteiger partial charge in [0.25, 0.3) is 0 Å². The maximum absolute atomic E-state index is 12.3. The van der Waals surface area contributed by atoms with Crippen molar-refractivity contribution in [3.63, 3.8) is 0 Å². The van der Waals surface area contributed by atoms with Crippen molar-refractivity contribution in [2.24, 2.45) is 5.92 Å². The molecule has 2 bridgehead atoms. The molecule has 0 aliphatic carbocycles. The summed E-state index contributed by atoms with van der Waals surface area (Å²) in [5, 5.41) is 0. The fourth-order valence-corrected chi connectivity index (χ4v) is 3.13. The van der Waals surface area contributed by atoms with E-state index in [2.05, 4.69) is 0 Å². The lowest BCUT2D eigenvalue weighted by Crippen LogP contribution is -2.55. The Bertz CT molecular complexity index is 453. The van der Waals surface area contributed by atoms with Crippen LogP contribution in [0.15, 0.2) is 0 Å². The Labute approximate surface area is 124 Å². The third-order valence-electron chi connectivity index (χ3n) is 3.86. The summed E-state index contributed by atoms with van der Waals surface area (Å²) >= 11 is 0. The van der Waals surface area contributed by atoms with Crippen LogP contribution in [0, 0.1) is 5.92 Å². The molecule has 2 heterocycles. The fraction of sp³-hybridized carbons (Fsp3) is 0.800. The lowest BCUT2D eigenvalue weighted by Gasteiger charge is -2.38. The maximum atomic E-state index is 12.3. The lowest BCUT2D eigenvalue weighted by atomic mass is 9.89. The standard InChI is InChI=1S/C15H23NO5/c1-5-20-13(18)12-10-7-6-9(8-11(12)17)16(10)14(19)21-15(2,3)4/h9-10,12H,5-8H2,1-4H3/t9-,10+,12+/m0/s1. The largest absolute Gasteiger partial charge is 0.465 e. The molecule has 0 aromatic heterocycles. The van der Waals surface area contributed by atoms with Crippen LogP contribution < -0.4 is 0 Å². The molecule has 0 saturated carbocycles. The third-order valence-corrected chi connectivity index (χ3v) is 3.86. The summed E-state index contributed by atoms with van der Waals surface area (Å²) in [5.74, 6) is -1.52. The normalized spacial score (nSPS) is 28.5. The Hall–Kier alpha value is -1.59. The maximum Gasteiger partial charge on any atom is 0.410 e. The van der Waals surface area contributed by atoms with Crippen LogP contribution in [0.3, 0.4) is 0 Å². The van der Waals surface area contributed by atoms with E-state index in [0.29, 0.717) is 6.42 Å². The summed E-state index contributed by atoms with van der Waals surface area (Å²) in [6, 6.07) is -0.576. The minimum Gasteiger partial charge on any atom is -0.465 e. The van der Waals surface area contributed by atoms with Crippen LogP contribution in [0.4, 0.5) is 4.79 Å². The number of hydrogen-bond acceptors (Lipinski definition) is 5. The number of rotatable bonds is 2. The molecule has 0 aromatic carbocycles. The second-order valence-corrected chi connectivity index (χ2v) is 6.59. The number of fused-ring (bicyclic) bond motifs is 2. The third kappa shape index (κ3) is 3.19. The first kappa shape index (κ1) is 15.8. The minimum absolute atomic E-state index is 0.124. The summed E-state index contributed by atoms with van der Waals surface area (Å²) < 4.78 is 10.4. The van der Waals surface area contributed by atoms with Gasteiger partial charge in [0.2, 0.25) is 0 Å². The molecule has 0 aromatic rings. The number of ketones is 1. The molecule has 6 nitrogen and oxygen atoms in total. The van der Waals surface area contributed by atoms with Crippen LogP contribution in [0.5, 0.6) is 0 Å². The van der Waals surface area contributed by atoms with Crippen molar-refractivity contribution in [2.75, 3.05) is 6.61 Å². The Morgan fingerprint density at radius 1 is 1.29 bits per heavy atom. The molecule has 21 heavy (non-hydrogen) atoms. The van der Waals surface area contributed by atoms with Crippen molar-refractivity contribution in [3.05, 3.63) is 0 Å². The Morgan fingerprint density at radius 3 is 2.52 bits per heavy atom. The number of hydrogen-bond donors (Lipinski definition) is 0. The number of carbonyl (C=O) groups excluding carboxylic acids is 3. The van der Waals surface area contributed by atoms with Crippen LogP contribution in [0.2, 0.25) is 0 Å². The molecular formula is C15H23NO5. The van der Waals surface area contributed by atoms with Crippen LogP contribution in [-0.4, -0.2) is 47.0 Å². The van der Waals surface area contributed by atoms with E-state index < -0.39 is 29.6 Å². The molecule has 2 fully saturated rings. The number of piperidine rings is 1. The number of amides is 1. The van der Waals surface area contributed by atoms with E-state index in [1.165, 1.54) is 0 Å². The Balaban J connectivity index is 2.19. The second-order valence-electron chi connectivity index (χ2n) is 6.59. The fourth-order valence-electron chi connectivity index (χ4n) is 3.13. The summed E-state index contributed by atoms with van der Waals surface area (Å²) in [6.07, 6.45) is 1.13. The van der Waals surface area contributed by atoms with E-state index >= 15 is 0 Å². The molecular weight excluding hydrogens is 274 g/mol. The average molecular weight is 297 g/mol. The highest BCUT2D eigenvalue weighted by Gasteiger charge is 2.53. The molecule has 2 aliphatic rings. The summed E-state index contributed by atoms with van der Waals surface area (Å²) in [7, 11) is 0. The molecule has 0 spiro atoms. The van der Waals surface area contributed by atoms with E-state index in [1.807, 2.05) is 0 Å². The van der Waals surface area contributed by atoms with E-state index in [4.69, 9.17) is 9.47 Å². The van der Waals surface area contributed by atoms with Crippen LogP contribution >= 0.6 is 0 Å². The summed E-state index contributed by atoms with van der Waals surface area (Å²) in [5.41, 5.74) is -0.600. The predicted molar refractivity (Wildman–Crippen MR) is 74.6 cm³/mol. The monoisotopic (exact) mass is 297 g/mol. The van der Waals surface area contributed by atoms with Crippen molar-refractivity contribution >= 4 is 17.8 Å². The van der Waals surface area contributed by atoms with E-state index in [-0.39, 0.29) is 24.9 Å². The first-order valence-electron chi connectivity index (χ1n) is 7.45. The van der Waals surface area contributed by atoms with Gasteiger partial charge in [-0.25, -0.2) is 4.79 Å². The molecule has 1 amide bonds. The molecule has 3 atom stereocenters. The van der Waals surface area contributed by atoms with Crippen molar-refractivity contribution in [1.82, 2.24) is 4.90 Å². The van der Waals surface area contributed by atoms with Gasteiger partial charge in [-0.1, -0.05) is 0 Å². The average Bonchev–Trinajstić information content (AvgIpc) is 2.63. The van der Waals surface area contributed by atoms with Gasteiger partial charge in [0.1, 0.15) is 11.5 Å². The van der Waals surface area contributed by atoms with Crippen LogP contribution in [-0.2, 0) is 19.1 Å². The second kappa shape index (κ2) is 5.66. The topological polar surface area (TPSA) is 72.9 Å². The lowest BCUT2D eigenvalue weighted by molar-refractivity contribution is -0.156. The molecule has 2 rings (SSSR count). The molecule has 2 aliphatic heterocycles. The number of nitrogens with zero attached hydrogens (tertiary/aromatic N) is 1. The quantitative estimate of drug-likeness (QED) is 0.575. The number of Topliss-reactive ketones (excluding diaryl/α,β-unsaturated/α-hetero) is 1. The minimum atomic E-state index is -0.865. The Morgan fingerprint density at radius 2 is 1.95 bits per heavy atom. The molecule has 0 N–H and O–H groups in total. The van der Waals surface area contributed by atoms with Gasteiger partial charge >= 0.3 is 12.1 Å². The van der Waals surface area contributed by atoms with Crippen molar-refractivity contribution in [3.8, 4) is 0 Å².